The fourth-order valence-corrected chi connectivity index (χ4v) is 1.47. The first-order valence-corrected chi connectivity index (χ1v) is 5.46. The first-order chi connectivity index (χ1) is 8.29. The third-order valence-electron chi connectivity index (χ3n) is 2.40. The number of para-hydroxylation sites is 1. The maximum Gasteiger partial charge on any atom is 0.223 e. The van der Waals surface area contributed by atoms with Crippen LogP contribution in [0.2, 0.25) is 0 Å². The van der Waals surface area contributed by atoms with Crippen molar-refractivity contribution in [2.45, 2.75) is 6.42 Å². The van der Waals surface area contributed by atoms with E-state index in [1.165, 1.54) is 0 Å². The molecule has 0 bridgehead atoms. The van der Waals surface area contributed by atoms with Crippen molar-refractivity contribution in [3.05, 3.63) is 30.5 Å². The zero-order valence-corrected chi connectivity index (χ0v) is 9.60. The quantitative estimate of drug-likeness (QED) is 0.827. The summed E-state index contributed by atoms with van der Waals surface area (Å²) < 4.78 is 0. The number of anilines is 1. The second-order valence-corrected chi connectivity index (χ2v) is 3.60. The van der Waals surface area contributed by atoms with Gasteiger partial charge in [0.15, 0.2) is 0 Å². The van der Waals surface area contributed by atoms with Crippen molar-refractivity contribution in [1.82, 2.24) is 15.3 Å². The molecule has 1 amide bonds. The van der Waals surface area contributed by atoms with Gasteiger partial charge in [0, 0.05) is 31.6 Å². The minimum atomic E-state index is -0.00158. The number of aromatic nitrogens is 2. The Balaban J connectivity index is 2.02. The summed E-state index contributed by atoms with van der Waals surface area (Å²) in [6, 6.07) is 7.78. The number of benzene rings is 1. The maximum atomic E-state index is 11.0. The van der Waals surface area contributed by atoms with E-state index in [-0.39, 0.29) is 5.91 Å². The highest BCUT2D eigenvalue weighted by molar-refractivity contribution is 5.78. The van der Waals surface area contributed by atoms with Gasteiger partial charge >= 0.3 is 0 Å². The lowest BCUT2D eigenvalue weighted by molar-refractivity contribution is -0.120. The Hall–Kier alpha value is -2.17. The number of nitrogens with zero attached hydrogens (tertiary/aromatic N) is 2. The Bertz CT molecular complexity index is 527. The number of fused-ring (bicyclic) bond motifs is 1. The van der Waals surface area contributed by atoms with Gasteiger partial charge in [0.25, 0.3) is 0 Å². The molecule has 2 aromatic rings. The summed E-state index contributed by atoms with van der Waals surface area (Å²) in [6.45, 7) is 0.526. The lowest BCUT2D eigenvalue weighted by atomic mass is 10.2. The van der Waals surface area contributed by atoms with Gasteiger partial charge < -0.3 is 10.6 Å². The number of amides is 1. The average molecular weight is 230 g/mol. The Labute approximate surface area is 99.3 Å². The zero-order valence-electron chi connectivity index (χ0n) is 9.60. The number of hydrogen-bond donors (Lipinski definition) is 2. The van der Waals surface area contributed by atoms with E-state index in [9.17, 15) is 4.79 Å². The van der Waals surface area contributed by atoms with E-state index in [2.05, 4.69) is 20.6 Å². The second kappa shape index (κ2) is 5.25. The minimum absolute atomic E-state index is 0.00158. The van der Waals surface area contributed by atoms with Gasteiger partial charge in [0.05, 0.1) is 5.52 Å². The summed E-state index contributed by atoms with van der Waals surface area (Å²) in [5, 5.41) is 6.58. The van der Waals surface area contributed by atoms with Crippen molar-refractivity contribution < 1.29 is 4.79 Å². The Morgan fingerprint density at radius 3 is 3.00 bits per heavy atom. The molecule has 0 aliphatic heterocycles. The molecule has 1 heterocycles. The summed E-state index contributed by atoms with van der Waals surface area (Å²) in [5.41, 5.74) is 0.893. The van der Waals surface area contributed by atoms with Gasteiger partial charge in [-0.2, -0.15) is 0 Å². The number of hydrogen-bond acceptors (Lipinski definition) is 4. The number of carbonyl (C=O) groups is 1. The van der Waals surface area contributed by atoms with Crippen LogP contribution in [-0.4, -0.2) is 29.5 Å². The molecule has 17 heavy (non-hydrogen) atoms. The van der Waals surface area contributed by atoms with Gasteiger partial charge in [-0.3, -0.25) is 4.79 Å². The van der Waals surface area contributed by atoms with Crippen LogP contribution in [0, 0.1) is 0 Å². The van der Waals surface area contributed by atoms with Crippen molar-refractivity contribution >= 4 is 22.8 Å². The maximum absolute atomic E-state index is 11.0. The van der Waals surface area contributed by atoms with Gasteiger partial charge in [-0.1, -0.05) is 18.2 Å². The molecule has 0 spiro atoms. The molecular weight excluding hydrogens is 216 g/mol. The van der Waals surface area contributed by atoms with Crippen molar-refractivity contribution in [1.29, 1.82) is 0 Å². The van der Waals surface area contributed by atoms with Crippen molar-refractivity contribution in [2.75, 3.05) is 18.9 Å². The predicted octanol–water partition coefficient (Wildman–Crippen LogP) is 1.18. The first-order valence-electron chi connectivity index (χ1n) is 5.46. The predicted molar refractivity (Wildman–Crippen MR) is 66.7 cm³/mol. The third-order valence-corrected chi connectivity index (χ3v) is 2.40. The van der Waals surface area contributed by atoms with E-state index in [0.717, 1.165) is 10.9 Å². The lowest BCUT2D eigenvalue weighted by Gasteiger charge is -2.04. The number of nitrogens with one attached hydrogen (secondary N) is 2. The Morgan fingerprint density at radius 1 is 1.35 bits per heavy atom. The van der Waals surface area contributed by atoms with Gasteiger partial charge in [-0.15, -0.1) is 0 Å². The highest BCUT2D eigenvalue weighted by Gasteiger charge is 2.00. The van der Waals surface area contributed by atoms with Crippen molar-refractivity contribution in [3.63, 3.8) is 0 Å². The van der Waals surface area contributed by atoms with Crippen molar-refractivity contribution in [2.24, 2.45) is 0 Å². The molecule has 0 atom stereocenters. The lowest BCUT2D eigenvalue weighted by Crippen LogP contribution is -2.21. The summed E-state index contributed by atoms with van der Waals surface area (Å²) >= 11 is 0. The van der Waals surface area contributed by atoms with Gasteiger partial charge in [-0.05, 0) is 6.07 Å². The van der Waals surface area contributed by atoms with Gasteiger partial charge in [0.2, 0.25) is 11.9 Å². The van der Waals surface area contributed by atoms with Crippen molar-refractivity contribution in [3.8, 4) is 0 Å². The van der Waals surface area contributed by atoms with E-state index in [1.807, 2.05) is 24.3 Å². The number of rotatable bonds is 4. The SMILES string of the molecule is CNC(=O)CCNc1ncc2ccccc2n1. The molecule has 1 aromatic heterocycles. The standard InChI is InChI=1S/C12H14N4O/c1-13-11(17)6-7-14-12-15-8-9-4-2-3-5-10(9)16-12/h2-5,8H,6-7H2,1H3,(H,13,17)(H,14,15,16). The van der Waals surface area contributed by atoms with Crippen LogP contribution in [0.25, 0.3) is 10.9 Å². The molecule has 1 aromatic carbocycles. The van der Waals surface area contributed by atoms with Crippen LogP contribution in [0.5, 0.6) is 0 Å². The van der Waals surface area contributed by atoms with E-state index in [4.69, 9.17) is 0 Å². The fourth-order valence-electron chi connectivity index (χ4n) is 1.47. The first kappa shape index (κ1) is 11.3. The molecule has 5 nitrogen and oxygen atoms in total. The smallest absolute Gasteiger partial charge is 0.223 e. The molecule has 0 unspecified atom stereocenters. The molecule has 0 aliphatic rings. The molecule has 0 saturated carbocycles. The monoisotopic (exact) mass is 230 g/mol. The minimum Gasteiger partial charge on any atom is -0.359 e. The molecule has 0 saturated heterocycles. The average Bonchev–Trinajstić information content (AvgIpc) is 2.38. The van der Waals surface area contributed by atoms with E-state index < -0.39 is 0 Å². The van der Waals surface area contributed by atoms with Gasteiger partial charge in [0.1, 0.15) is 0 Å². The van der Waals surface area contributed by atoms with E-state index in [1.54, 1.807) is 13.2 Å². The number of carbonyl (C=O) groups excluding carboxylic acids is 1. The van der Waals surface area contributed by atoms with Crippen LogP contribution in [0.3, 0.4) is 0 Å². The van der Waals surface area contributed by atoms with Crippen LogP contribution in [-0.2, 0) is 4.79 Å². The molecule has 5 heteroatoms. The normalized spacial score (nSPS) is 10.2. The van der Waals surface area contributed by atoms with Crippen LogP contribution < -0.4 is 10.6 Å². The van der Waals surface area contributed by atoms with Crippen LogP contribution >= 0.6 is 0 Å². The molecule has 0 aliphatic carbocycles. The van der Waals surface area contributed by atoms with Crippen LogP contribution in [0.15, 0.2) is 30.5 Å². The highest BCUT2D eigenvalue weighted by atomic mass is 16.1. The van der Waals surface area contributed by atoms with Gasteiger partial charge in [-0.25, -0.2) is 9.97 Å². The summed E-state index contributed by atoms with van der Waals surface area (Å²) in [4.78, 5) is 19.5. The molecule has 0 fully saturated rings. The molecule has 2 rings (SSSR count). The second-order valence-electron chi connectivity index (χ2n) is 3.60. The third kappa shape index (κ3) is 2.90. The molecule has 88 valence electrons. The molecule has 2 N–H and O–H groups in total. The van der Waals surface area contributed by atoms with E-state index >= 15 is 0 Å². The van der Waals surface area contributed by atoms with Crippen LogP contribution in [0.1, 0.15) is 6.42 Å². The summed E-state index contributed by atoms with van der Waals surface area (Å²) in [6.07, 6.45) is 2.18. The topological polar surface area (TPSA) is 66.9 Å². The van der Waals surface area contributed by atoms with E-state index in [0.29, 0.717) is 18.9 Å². The highest BCUT2D eigenvalue weighted by Crippen LogP contribution is 2.11. The van der Waals surface area contributed by atoms with Crippen LogP contribution in [0.4, 0.5) is 5.95 Å². The molecule has 0 radical (unpaired) electrons. The fraction of sp³-hybridized carbons (Fsp3) is 0.250. The molecular formula is C12H14N4O. The largest absolute Gasteiger partial charge is 0.359 e. The zero-order chi connectivity index (χ0) is 12.1. The summed E-state index contributed by atoms with van der Waals surface area (Å²) in [5.74, 6) is 0.547. The Kier molecular flexibility index (Phi) is 3.49. The summed E-state index contributed by atoms with van der Waals surface area (Å²) in [7, 11) is 1.62. The Morgan fingerprint density at radius 2 is 2.18 bits per heavy atom.